The molecule has 38 heavy (non-hydrogen) atoms. The molecule has 1 amide bonds. The van der Waals surface area contributed by atoms with Crippen LogP contribution in [0.15, 0.2) is 30.3 Å². The van der Waals surface area contributed by atoms with Crippen LogP contribution in [0, 0.1) is 11.7 Å². The molecule has 0 radical (unpaired) electrons. The molecule has 2 rings (SSSR count). The van der Waals surface area contributed by atoms with E-state index in [2.05, 4.69) is 11.9 Å². The van der Waals surface area contributed by atoms with Crippen molar-refractivity contribution in [3.63, 3.8) is 0 Å². The molecule has 1 unspecified atom stereocenters. The van der Waals surface area contributed by atoms with E-state index >= 15 is 0 Å². The van der Waals surface area contributed by atoms with Crippen LogP contribution >= 0.6 is 0 Å². The number of benzene rings is 2. The summed E-state index contributed by atoms with van der Waals surface area (Å²) in [5, 5.41) is 4.50. The van der Waals surface area contributed by atoms with Gasteiger partial charge in [-0.05, 0) is 47.7 Å². The fourth-order valence-electron chi connectivity index (χ4n) is 4.33. The molecule has 1 atom stereocenters. The van der Waals surface area contributed by atoms with E-state index in [0.717, 1.165) is 28.5 Å². The van der Waals surface area contributed by atoms with Gasteiger partial charge in [-0.15, -0.1) is 0 Å². The maximum atomic E-state index is 13.9. The Morgan fingerprint density at radius 1 is 1.18 bits per heavy atom. The molecule has 9 heteroatoms. The monoisotopic (exact) mass is 536 g/mol. The summed E-state index contributed by atoms with van der Waals surface area (Å²) in [5.74, 6) is -1.92. The first kappa shape index (κ1) is 31.0. The van der Waals surface area contributed by atoms with Crippen LogP contribution in [0.5, 0.6) is 0 Å². The van der Waals surface area contributed by atoms with E-state index in [-0.39, 0.29) is 23.8 Å². The van der Waals surface area contributed by atoms with E-state index < -0.39 is 23.3 Å². The predicted molar refractivity (Wildman–Crippen MR) is 141 cm³/mol. The standard InChI is InChI=1S/C29H36F4N2O3/c1-6-20(9-13-27(36)21-10-12-25(26(30)16-21)29(31,32)33)17-35(4)18-24-19(3)8-11-23(22(24)7-2)28(37)34-14-15-38-5/h8,10-12,16,18,20H,3,6-7,9,13-15,17H2,1-2,4-5H3,(H,34,37)/b24-18+. The number of alkyl halides is 3. The second kappa shape index (κ2) is 14.1. The van der Waals surface area contributed by atoms with Gasteiger partial charge in [0.05, 0.1) is 12.2 Å². The molecule has 0 aliphatic heterocycles. The molecule has 1 N–H and O–H groups in total. The molecule has 208 valence electrons. The third kappa shape index (κ3) is 8.41. The molecule has 0 fully saturated rings. The third-order valence-electron chi connectivity index (χ3n) is 6.49. The minimum atomic E-state index is -4.81. The number of halogens is 4. The second-order valence-electron chi connectivity index (χ2n) is 9.26. The Labute approximate surface area is 221 Å². The molecular formula is C29H36F4N2O3. The van der Waals surface area contributed by atoms with Crippen LogP contribution in [-0.4, -0.2) is 50.4 Å². The van der Waals surface area contributed by atoms with E-state index in [1.165, 1.54) is 0 Å². The summed E-state index contributed by atoms with van der Waals surface area (Å²) in [6.45, 7) is 9.52. The molecule has 0 aliphatic rings. The topological polar surface area (TPSA) is 58.6 Å². The number of rotatable bonds is 13. The first-order valence-corrected chi connectivity index (χ1v) is 12.6. The van der Waals surface area contributed by atoms with Crippen LogP contribution in [0.1, 0.15) is 65.0 Å². The van der Waals surface area contributed by atoms with Crippen molar-refractivity contribution in [1.29, 1.82) is 0 Å². The Morgan fingerprint density at radius 3 is 2.47 bits per heavy atom. The lowest BCUT2D eigenvalue weighted by atomic mass is 9.95. The van der Waals surface area contributed by atoms with Crippen LogP contribution < -0.4 is 15.8 Å². The van der Waals surface area contributed by atoms with Crippen LogP contribution in [0.3, 0.4) is 0 Å². The van der Waals surface area contributed by atoms with Crippen LogP contribution in [0.4, 0.5) is 17.6 Å². The number of amides is 1. The number of Topliss-reactive ketones (excluding diaryl/α,β-unsaturated/α-hetero) is 1. The van der Waals surface area contributed by atoms with Gasteiger partial charge in [0.25, 0.3) is 5.91 Å². The predicted octanol–water partition coefficient (Wildman–Crippen LogP) is 4.55. The van der Waals surface area contributed by atoms with Gasteiger partial charge >= 0.3 is 6.18 Å². The van der Waals surface area contributed by atoms with E-state index in [4.69, 9.17) is 4.74 Å². The Balaban J connectivity index is 2.14. The minimum Gasteiger partial charge on any atom is -0.383 e. The molecule has 0 spiro atoms. The van der Waals surface area contributed by atoms with Gasteiger partial charge in [-0.1, -0.05) is 39.0 Å². The summed E-state index contributed by atoms with van der Waals surface area (Å²) >= 11 is 0. The van der Waals surface area contributed by atoms with Crippen molar-refractivity contribution in [2.75, 3.05) is 33.9 Å². The van der Waals surface area contributed by atoms with E-state index in [1.54, 1.807) is 13.2 Å². The van der Waals surface area contributed by atoms with Gasteiger partial charge in [-0.3, -0.25) is 9.59 Å². The van der Waals surface area contributed by atoms with Crippen LogP contribution in [-0.2, 0) is 17.3 Å². The number of nitrogens with one attached hydrogen (secondary N) is 1. The van der Waals surface area contributed by atoms with Crippen molar-refractivity contribution in [1.82, 2.24) is 10.2 Å². The lowest BCUT2D eigenvalue weighted by molar-refractivity contribution is -0.140. The number of carbonyl (C=O) groups excluding carboxylic acids is 2. The summed E-state index contributed by atoms with van der Waals surface area (Å²) < 4.78 is 57.3. The minimum absolute atomic E-state index is 0.0693. The van der Waals surface area contributed by atoms with Gasteiger partial charge in [0.15, 0.2) is 5.78 Å². The van der Waals surface area contributed by atoms with Crippen molar-refractivity contribution >= 4 is 24.5 Å². The maximum Gasteiger partial charge on any atom is 0.419 e. The fourth-order valence-corrected chi connectivity index (χ4v) is 4.33. The van der Waals surface area contributed by atoms with E-state index in [9.17, 15) is 27.2 Å². The van der Waals surface area contributed by atoms with Crippen molar-refractivity contribution < 1.29 is 31.9 Å². The van der Waals surface area contributed by atoms with E-state index in [1.807, 2.05) is 38.1 Å². The summed E-state index contributed by atoms with van der Waals surface area (Å²) in [6, 6.07) is 5.87. The summed E-state index contributed by atoms with van der Waals surface area (Å²) in [5.41, 5.74) is 0.00874. The molecule has 0 saturated carbocycles. The van der Waals surface area contributed by atoms with Gasteiger partial charge in [0.2, 0.25) is 0 Å². The Kier molecular flexibility index (Phi) is 11.5. The second-order valence-corrected chi connectivity index (χ2v) is 9.26. The average Bonchev–Trinajstić information content (AvgIpc) is 2.86. The van der Waals surface area contributed by atoms with Gasteiger partial charge in [0, 0.05) is 56.2 Å². The Morgan fingerprint density at radius 2 is 1.89 bits per heavy atom. The number of hydrogen-bond acceptors (Lipinski definition) is 4. The smallest absolute Gasteiger partial charge is 0.383 e. The molecule has 0 saturated heterocycles. The quantitative estimate of drug-likeness (QED) is 0.232. The molecule has 0 bridgehead atoms. The number of nitrogens with zero attached hydrogens (tertiary/aromatic N) is 1. The van der Waals surface area contributed by atoms with Crippen LogP contribution in [0.25, 0.3) is 12.8 Å². The summed E-state index contributed by atoms with van der Waals surface area (Å²) in [6.07, 6.45) is -0.870. The highest BCUT2D eigenvalue weighted by molar-refractivity contribution is 5.96. The fraction of sp³-hybridized carbons (Fsp3) is 0.448. The molecular weight excluding hydrogens is 500 g/mol. The zero-order valence-corrected chi connectivity index (χ0v) is 22.4. The van der Waals surface area contributed by atoms with Gasteiger partial charge in [0.1, 0.15) is 5.82 Å². The Bertz CT molecular complexity index is 1230. The average molecular weight is 537 g/mol. The molecule has 2 aromatic carbocycles. The summed E-state index contributed by atoms with van der Waals surface area (Å²) in [7, 11) is 3.47. The number of hydrogen-bond donors (Lipinski definition) is 1. The lowest BCUT2D eigenvalue weighted by Gasteiger charge is -2.22. The zero-order chi connectivity index (χ0) is 28.5. The van der Waals surface area contributed by atoms with Gasteiger partial charge in [-0.2, -0.15) is 13.2 Å². The first-order valence-electron chi connectivity index (χ1n) is 12.6. The largest absolute Gasteiger partial charge is 0.419 e. The number of methoxy groups -OCH3 is 1. The highest BCUT2D eigenvalue weighted by Gasteiger charge is 2.34. The lowest BCUT2D eigenvalue weighted by Crippen LogP contribution is -2.36. The molecule has 5 nitrogen and oxygen atoms in total. The first-order chi connectivity index (χ1) is 17.9. The van der Waals surface area contributed by atoms with Crippen molar-refractivity contribution in [3.05, 3.63) is 68.8 Å². The molecule has 2 aromatic rings. The number of ketones is 1. The zero-order valence-electron chi connectivity index (χ0n) is 22.4. The van der Waals surface area contributed by atoms with Crippen molar-refractivity contribution in [2.24, 2.45) is 5.92 Å². The highest BCUT2D eigenvalue weighted by atomic mass is 19.4. The van der Waals surface area contributed by atoms with Crippen molar-refractivity contribution in [2.45, 2.75) is 45.7 Å². The number of ether oxygens (including phenoxy) is 1. The molecule has 0 aromatic heterocycles. The third-order valence-corrected chi connectivity index (χ3v) is 6.49. The molecule has 0 aliphatic carbocycles. The maximum absolute atomic E-state index is 13.9. The van der Waals surface area contributed by atoms with Gasteiger partial charge in [-0.25, -0.2) is 4.39 Å². The number of carbonyl (C=O) groups is 2. The normalized spacial score (nSPS) is 12.9. The Hall–Kier alpha value is -3.20. The SMILES string of the molecule is C=c1ccc(C(=O)NCCOC)c(CC)/c1=C/N(C)CC(CC)CCC(=O)c1ccc(C(F)(F)F)c(F)c1. The highest BCUT2D eigenvalue weighted by Crippen LogP contribution is 2.31. The van der Waals surface area contributed by atoms with Crippen molar-refractivity contribution in [3.8, 4) is 0 Å². The summed E-state index contributed by atoms with van der Waals surface area (Å²) in [4.78, 5) is 27.2. The van der Waals surface area contributed by atoms with E-state index in [0.29, 0.717) is 50.2 Å². The van der Waals surface area contributed by atoms with Gasteiger partial charge < -0.3 is 15.0 Å². The van der Waals surface area contributed by atoms with Crippen LogP contribution in [0.2, 0.25) is 0 Å². The molecule has 0 heterocycles.